The van der Waals surface area contributed by atoms with E-state index in [-0.39, 0.29) is 18.0 Å². The van der Waals surface area contributed by atoms with E-state index in [1.807, 2.05) is 30.3 Å². The molecule has 9 heteroatoms. The van der Waals surface area contributed by atoms with Crippen LogP contribution in [0.15, 0.2) is 79.0 Å². The van der Waals surface area contributed by atoms with Crippen molar-refractivity contribution in [1.29, 1.82) is 0 Å². The number of fused-ring (bicyclic) bond motifs is 1. The number of benzene rings is 3. The highest BCUT2D eigenvalue weighted by atomic mass is 16.6. The van der Waals surface area contributed by atoms with Crippen LogP contribution in [0.25, 0.3) is 16.9 Å². The number of rotatable bonds is 6. The third-order valence-corrected chi connectivity index (χ3v) is 5.34. The van der Waals surface area contributed by atoms with Crippen molar-refractivity contribution in [3.05, 3.63) is 94.7 Å². The maximum Gasteiger partial charge on any atom is 0.269 e. The van der Waals surface area contributed by atoms with Crippen LogP contribution in [-0.4, -0.2) is 33.8 Å². The summed E-state index contributed by atoms with van der Waals surface area (Å²) in [6.45, 7) is 0.956. The minimum atomic E-state index is -0.450. The van der Waals surface area contributed by atoms with Gasteiger partial charge in [0.1, 0.15) is 13.2 Å². The van der Waals surface area contributed by atoms with Gasteiger partial charge in [-0.25, -0.2) is 4.68 Å². The molecule has 0 fully saturated rings. The minimum Gasteiger partial charge on any atom is -0.486 e. The summed E-state index contributed by atoms with van der Waals surface area (Å²) in [6, 6.07) is 20.9. The molecule has 5 rings (SSSR count). The first-order valence-electron chi connectivity index (χ1n) is 10.6. The van der Waals surface area contributed by atoms with E-state index in [1.54, 1.807) is 41.2 Å². The van der Waals surface area contributed by atoms with Crippen molar-refractivity contribution in [3.63, 3.8) is 0 Å². The Labute approximate surface area is 194 Å². The second-order valence-electron chi connectivity index (χ2n) is 7.67. The number of ether oxygens (including phenoxy) is 2. The molecular weight excluding hydrogens is 436 g/mol. The molecule has 1 aliphatic rings. The summed E-state index contributed by atoms with van der Waals surface area (Å²) >= 11 is 0. The van der Waals surface area contributed by atoms with E-state index >= 15 is 0 Å². The number of hydrogen-bond donors (Lipinski definition) is 1. The molecule has 4 aromatic rings. The lowest BCUT2D eigenvalue weighted by Gasteiger charge is -2.19. The highest BCUT2D eigenvalue weighted by Crippen LogP contribution is 2.33. The first-order chi connectivity index (χ1) is 16.6. The van der Waals surface area contributed by atoms with Crippen molar-refractivity contribution >= 4 is 17.3 Å². The van der Waals surface area contributed by atoms with Gasteiger partial charge in [-0.15, -0.1) is 0 Å². The predicted molar refractivity (Wildman–Crippen MR) is 125 cm³/mol. The van der Waals surface area contributed by atoms with Gasteiger partial charge in [-0.2, -0.15) is 5.10 Å². The van der Waals surface area contributed by atoms with Crippen LogP contribution in [-0.2, 0) is 11.2 Å². The number of carbonyl (C=O) groups excluding carboxylic acids is 1. The largest absolute Gasteiger partial charge is 0.486 e. The Morgan fingerprint density at radius 3 is 2.47 bits per heavy atom. The zero-order chi connectivity index (χ0) is 23.5. The normalized spacial score (nSPS) is 12.2. The highest BCUT2D eigenvalue weighted by Gasteiger charge is 2.18. The van der Waals surface area contributed by atoms with Gasteiger partial charge >= 0.3 is 0 Å². The quantitative estimate of drug-likeness (QED) is 0.340. The molecule has 0 spiro atoms. The fraction of sp³-hybridized carbons (Fsp3) is 0.120. The van der Waals surface area contributed by atoms with E-state index < -0.39 is 4.92 Å². The molecule has 9 nitrogen and oxygen atoms in total. The van der Waals surface area contributed by atoms with Crippen LogP contribution in [0.3, 0.4) is 0 Å². The molecule has 0 saturated heterocycles. The van der Waals surface area contributed by atoms with Gasteiger partial charge in [-0.05, 0) is 36.4 Å². The summed E-state index contributed by atoms with van der Waals surface area (Å²) in [6.07, 6.45) is 1.86. The first-order valence-corrected chi connectivity index (χ1v) is 10.6. The summed E-state index contributed by atoms with van der Waals surface area (Å²) in [5.41, 5.74) is 3.38. The summed E-state index contributed by atoms with van der Waals surface area (Å²) in [5.74, 6) is 1.01. The Morgan fingerprint density at radius 1 is 1.00 bits per heavy atom. The molecule has 0 aliphatic carbocycles. The molecule has 0 radical (unpaired) electrons. The molecule has 1 N–H and O–H groups in total. The van der Waals surface area contributed by atoms with Gasteiger partial charge in [-0.1, -0.05) is 18.2 Å². The predicted octanol–water partition coefficient (Wildman–Crippen LogP) is 4.40. The van der Waals surface area contributed by atoms with E-state index in [2.05, 4.69) is 10.4 Å². The molecule has 1 aliphatic heterocycles. The van der Waals surface area contributed by atoms with E-state index in [1.165, 1.54) is 12.1 Å². The number of nitrogens with one attached hydrogen (secondary N) is 1. The maximum atomic E-state index is 12.9. The van der Waals surface area contributed by atoms with E-state index in [0.717, 1.165) is 5.69 Å². The van der Waals surface area contributed by atoms with Crippen molar-refractivity contribution in [2.45, 2.75) is 6.42 Å². The topological polar surface area (TPSA) is 109 Å². The van der Waals surface area contributed by atoms with Gasteiger partial charge in [0.25, 0.3) is 5.69 Å². The number of amides is 1. The maximum absolute atomic E-state index is 12.9. The van der Waals surface area contributed by atoms with Crippen LogP contribution in [0.5, 0.6) is 11.5 Å². The lowest BCUT2D eigenvalue weighted by Crippen LogP contribution is -2.17. The molecule has 2 heterocycles. The lowest BCUT2D eigenvalue weighted by atomic mass is 10.1. The molecule has 0 unspecified atom stereocenters. The van der Waals surface area contributed by atoms with Crippen LogP contribution < -0.4 is 14.8 Å². The van der Waals surface area contributed by atoms with Crippen LogP contribution >= 0.6 is 0 Å². The summed E-state index contributed by atoms with van der Waals surface area (Å²) in [4.78, 5) is 23.5. The molecule has 1 aromatic heterocycles. The van der Waals surface area contributed by atoms with Crippen LogP contribution in [0.2, 0.25) is 0 Å². The number of nitro benzene ring substituents is 1. The molecule has 0 saturated carbocycles. The second kappa shape index (κ2) is 9.07. The van der Waals surface area contributed by atoms with Gasteiger partial charge in [0.05, 0.1) is 22.7 Å². The Morgan fingerprint density at radius 2 is 1.74 bits per heavy atom. The number of nitrogens with zero attached hydrogens (tertiary/aromatic N) is 3. The molecule has 0 atom stereocenters. The average Bonchev–Trinajstić information content (AvgIpc) is 3.28. The standard InChI is InChI=1S/C25H20N4O5/c30-24(26-19-8-11-22-23(15-19)34-13-12-33-22)14-18-16-28(20-4-2-1-3-5-20)27-25(18)17-6-9-21(10-7-17)29(31)32/h1-11,15-16H,12-14H2,(H,26,30). The van der Waals surface area contributed by atoms with Crippen molar-refractivity contribution < 1.29 is 19.2 Å². The van der Waals surface area contributed by atoms with Gasteiger partial charge in [-0.3, -0.25) is 14.9 Å². The molecule has 34 heavy (non-hydrogen) atoms. The summed E-state index contributed by atoms with van der Waals surface area (Å²) < 4.78 is 12.8. The number of carbonyl (C=O) groups is 1. The van der Waals surface area contributed by atoms with Crippen LogP contribution in [0.1, 0.15) is 5.56 Å². The van der Waals surface area contributed by atoms with Crippen molar-refractivity contribution in [2.24, 2.45) is 0 Å². The zero-order valence-corrected chi connectivity index (χ0v) is 18.0. The monoisotopic (exact) mass is 456 g/mol. The number of hydrogen-bond acceptors (Lipinski definition) is 6. The number of aromatic nitrogens is 2. The lowest BCUT2D eigenvalue weighted by molar-refractivity contribution is -0.384. The Kier molecular flexibility index (Phi) is 5.65. The van der Waals surface area contributed by atoms with Gasteiger partial charge < -0.3 is 14.8 Å². The molecule has 0 bridgehead atoms. The van der Waals surface area contributed by atoms with E-state index in [4.69, 9.17) is 9.47 Å². The van der Waals surface area contributed by atoms with Crippen molar-refractivity contribution in [2.75, 3.05) is 18.5 Å². The molecular formula is C25H20N4O5. The Balaban J connectivity index is 1.43. The Hall–Kier alpha value is -4.66. The number of non-ortho nitro benzene ring substituents is 1. The first kappa shape index (κ1) is 21.2. The fourth-order valence-electron chi connectivity index (χ4n) is 3.74. The number of para-hydroxylation sites is 1. The Bertz CT molecular complexity index is 1350. The summed E-state index contributed by atoms with van der Waals surface area (Å²) in [5, 5.41) is 18.6. The smallest absolute Gasteiger partial charge is 0.269 e. The molecule has 3 aromatic carbocycles. The summed E-state index contributed by atoms with van der Waals surface area (Å²) in [7, 11) is 0. The molecule has 170 valence electrons. The van der Waals surface area contributed by atoms with Crippen LogP contribution in [0, 0.1) is 10.1 Å². The van der Waals surface area contributed by atoms with Crippen LogP contribution in [0.4, 0.5) is 11.4 Å². The minimum absolute atomic E-state index is 0.0101. The third kappa shape index (κ3) is 4.44. The van der Waals surface area contributed by atoms with E-state index in [9.17, 15) is 14.9 Å². The van der Waals surface area contributed by atoms with Crippen molar-refractivity contribution in [1.82, 2.24) is 9.78 Å². The molecule has 1 amide bonds. The SMILES string of the molecule is O=C(Cc1cn(-c2ccccc2)nc1-c1ccc([N+](=O)[O-])cc1)Nc1ccc2c(c1)OCCO2. The highest BCUT2D eigenvalue weighted by molar-refractivity contribution is 5.93. The van der Waals surface area contributed by atoms with Gasteiger partial charge in [0, 0.05) is 41.2 Å². The number of anilines is 1. The van der Waals surface area contributed by atoms with Gasteiger partial charge in [0.2, 0.25) is 5.91 Å². The average molecular weight is 456 g/mol. The van der Waals surface area contributed by atoms with E-state index in [0.29, 0.717) is 47.2 Å². The van der Waals surface area contributed by atoms with Crippen molar-refractivity contribution in [3.8, 4) is 28.4 Å². The number of nitro groups is 1. The third-order valence-electron chi connectivity index (χ3n) is 5.34. The second-order valence-corrected chi connectivity index (χ2v) is 7.67. The fourth-order valence-corrected chi connectivity index (χ4v) is 3.74. The zero-order valence-electron chi connectivity index (χ0n) is 18.0. The van der Waals surface area contributed by atoms with Gasteiger partial charge in [0.15, 0.2) is 11.5 Å².